The van der Waals surface area contributed by atoms with Crippen molar-refractivity contribution in [3.8, 4) is 0 Å². The standard InChI is InChI=1S/C24H34O11/c1-3-15(2)7-30-19(25)33-22-4-16-5-23(12-22,34-20(26)31-10-17-8-28-17)14-24(6-16,13-22)35-21(27)32-11-18-9-29-18/h15-18H,3-14H2,1-2H3. The van der Waals surface area contributed by atoms with E-state index in [-0.39, 0.29) is 50.3 Å². The molecular formula is C24H34O11. The fraction of sp³-hybridized carbons (Fsp3) is 0.875. The number of carbonyl (C=O) groups excluding carboxylic acids is 3. The fourth-order valence-corrected chi connectivity index (χ4v) is 6.12. The van der Waals surface area contributed by atoms with Crippen LogP contribution in [0.5, 0.6) is 0 Å². The molecule has 5 unspecified atom stereocenters. The first-order valence-corrected chi connectivity index (χ1v) is 12.5. The lowest BCUT2D eigenvalue weighted by molar-refractivity contribution is -0.261. The first-order chi connectivity index (χ1) is 16.7. The Morgan fingerprint density at radius 1 is 0.771 bits per heavy atom. The maximum atomic E-state index is 12.6. The molecule has 0 radical (unpaired) electrons. The van der Waals surface area contributed by atoms with Crippen molar-refractivity contribution in [3.63, 3.8) is 0 Å². The molecule has 6 fully saturated rings. The van der Waals surface area contributed by atoms with E-state index in [1.807, 2.05) is 13.8 Å². The summed E-state index contributed by atoms with van der Waals surface area (Å²) in [6, 6.07) is 0. The summed E-state index contributed by atoms with van der Waals surface area (Å²) in [7, 11) is 0. The monoisotopic (exact) mass is 498 g/mol. The number of hydrogen-bond acceptors (Lipinski definition) is 11. The smallest absolute Gasteiger partial charge is 0.434 e. The van der Waals surface area contributed by atoms with Gasteiger partial charge in [0.1, 0.15) is 42.2 Å². The van der Waals surface area contributed by atoms with Crippen LogP contribution < -0.4 is 0 Å². The Morgan fingerprint density at radius 3 is 1.54 bits per heavy atom. The van der Waals surface area contributed by atoms with Crippen LogP contribution in [0.4, 0.5) is 14.4 Å². The highest BCUT2D eigenvalue weighted by Gasteiger charge is 2.69. The Bertz CT molecular complexity index is 789. The number of hydrogen-bond donors (Lipinski definition) is 0. The van der Waals surface area contributed by atoms with Gasteiger partial charge in [-0.05, 0) is 31.1 Å². The third kappa shape index (κ3) is 5.94. The number of epoxide rings is 2. The quantitative estimate of drug-likeness (QED) is 0.249. The Labute approximate surface area is 203 Å². The van der Waals surface area contributed by atoms with E-state index in [0.29, 0.717) is 45.3 Å². The third-order valence-electron chi connectivity index (χ3n) is 7.58. The van der Waals surface area contributed by atoms with Gasteiger partial charge in [0.15, 0.2) is 0 Å². The Morgan fingerprint density at radius 2 is 1.17 bits per heavy atom. The maximum Gasteiger partial charge on any atom is 0.508 e. The second-order valence-electron chi connectivity index (χ2n) is 11.0. The van der Waals surface area contributed by atoms with Gasteiger partial charge in [0.2, 0.25) is 0 Å². The first kappa shape index (κ1) is 24.4. The van der Waals surface area contributed by atoms with Gasteiger partial charge in [0, 0.05) is 19.3 Å². The van der Waals surface area contributed by atoms with Crippen LogP contribution in [-0.4, -0.2) is 80.5 Å². The maximum absolute atomic E-state index is 12.6. The molecule has 4 aliphatic carbocycles. The first-order valence-electron chi connectivity index (χ1n) is 12.5. The number of ether oxygens (including phenoxy) is 8. The molecule has 2 aliphatic heterocycles. The number of rotatable bonds is 10. The SMILES string of the molecule is CCC(C)COC(=O)OC12CC3CC(OC(=O)OCC4CO4)(C1)CC(OC(=O)OCC1CO1)(C3)C2. The van der Waals surface area contributed by atoms with Gasteiger partial charge < -0.3 is 37.9 Å². The van der Waals surface area contributed by atoms with Crippen molar-refractivity contribution in [2.24, 2.45) is 11.8 Å². The van der Waals surface area contributed by atoms with E-state index in [1.165, 1.54) is 0 Å². The topological polar surface area (TPSA) is 132 Å². The molecule has 4 bridgehead atoms. The minimum absolute atomic E-state index is 0.0211. The molecule has 0 amide bonds. The van der Waals surface area contributed by atoms with E-state index in [0.717, 1.165) is 6.42 Å². The van der Waals surface area contributed by atoms with Crippen molar-refractivity contribution in [2.75, 3.05) is 33.0 Å². The molecule has 11 nitrogen and oxygen atoms in total. The molecule has 0 aromatic heterocycles. The molecule has 4 saturated carbocycles. The molecule has 2 heterocycles. The van der Waals surface area contributed by atoms with Crippen molar-refractivity contribution < 1.29 is 52.3 Å². The summed E-state index contributed by atoms with van der Waals surface area (Å²) in [4.78, 5) is 37.7. The van der Waals surface area contributed by atoms with Crippen LogP contribution in [0.2, 0.25) is 0 Å². The minimum atomic E-state index is -0.988. The summed E-state index contributed by atoms with van der Waals surface area (Å²) in [5.74, 6) is 0.228. The van der Waals surface area contributed by atoms with E-state index < -0.39 is 35.3 Å². The van der Waals surface area contributed by atoms with Crippen molar-refractivity contribution in [1.82, 2.24) is 0 Å². The van der Waals surface area contributed by atoms with E-state index in [4.69, 9.17) is 37.9 Å². The largest absolute Gasteiger partial charge is 0.508 e. The Balaban J connectivity index is 1.30. The Hall–Kier alpha value is -2.27. The molecule has 0 aromatic carbocycles. The van der Waals surface area contributed by atoms with Crippen LogP contribution in [-0.2, 0) is 37.9 Å². The molecule has 35 heavy (non-hydrogen) atoms. The average molecular weight is 499 g/mol. The van der Waals surface area contributed by atoms with Crippen LogP contribution in [0, 0.1) is 11.8 Å². The Kier molecular flexibility index (Phi) is 6.50. The number of carbonyl (C=O) groups is 3. The lowest BCUT2D eigenvalue weighted by Crippen LogP contribution is -2.69. The molecule has 5 atom stereocenters. The van der Waals surface area contributed by atoms with Gasteiger partial charge in [-0.3, -0.25) is 0 Å². The zero-order valence-electron chi connectivity index (χ0n) is 20.3. The summed E-state index contributed by atoms with van der Waals surface area (Å²) in [5, 5.41) is 0. The highest BCUT2D eigenvalue weighted by atomic mass is 16.8. The predicted octanol–water partition coefficient (Wildman–Crippen LogP) is 3.50. The van der Waals surface area contributed by atoms with Crippen molar-refractivity contribution >= 4 is 18.5 Å². The van der Waals surface area contributed by atoms with Gasteiger partial charge in [0.25, 0.3) is 0 Å². The zero-order valence-corrected chi connectivity index (χ0v) is 20.3. The summed E-state index contributed by atoms with van der Waals surface area (Å²) >= 11 is 0. The van der Waals surface area contributed by atoms with Gasteiger partial charge >= 0.3 is 18.5 Å². The normalized spacial score (nSPS) is 38.7. The highest BCUT2D eigenvalue weighted by Crippen LogP contribution is 2.63. The van der Waals surface area contributed by atoms with Gasteiger partial charge in [-0.25, -0.2) is 14.4 Å². The summed E-state index contributed by atoms with van der Waals surface area (Å²) in [6.45, 7) is 5.62. The molecule has 196 valence electrons. The van der Waals surface area contributed by atoms with E-state index >= 15 is 0 Å². The van der Waals surface area contributed by atoms with Gasteiger partial charge in [-0.2, -0.15) is 0 Å². The van der Waals surface area contributed by atoms with Crippen LogP contribution >= 0.6 is 0 Å². The molecule has 0 spiro atoms. The van der Waals surface area contributed by atoms with Crippen molar-refractivity contribution in [3.05, 3.63) is 0 Å². The molecular weight excluding hydrogens is 464 g/mol. The molecule has 0 N–H and O–H groups in total. The van der Waals surface area contributed by atoms with Crippen LogP contribution in [0.15, 0.2) is 0 Å². The molecule has 6 rings (SSSR count). The van der Waals surface area contributed by atoms with E-state index in [1.54, 1.807) is 0 Å². The van der Waals surface area contributed by atoms with E-state index in [9.17, 15) is 14.4 Å². The summed E-state index contributed by atoms with van der Waals surface area (Å²) < 4.78 is 43.6. The van der Waals surface area contributed by atoms with Crippen LogP contribution in [0.1, 0.15) is 58.8 Å². The second kappa shape index (κ2) is 9.31. The predicted molar refractivity (Wildman–Crippen MR) is 116 cm³/mol. The highest BCUT2D eigenvalue weighted by molar-refractivity contribution is 5.63. The van der Waals surface area contributed by atoms with Crippen molar-refractivity contribution in [2.45, 2.75) is 87.8 Å². The van der Waals surface area contributed by atoms with Gasteiger partial charge in [0.05, 0.1) is 19.8 Å². The van der Waals surface area contributed by atoms with E-state index in [2.05, 4.69) is 0 Å². The summed E-state index contributed by atoms with van der Waals surface area (Å²) in [6.07, 6.45) is 0.917. The van der Waals surface area contributed by atoms with Crippen molar-refractivity contribution in [1.29, 1.82) is 0 Å². The van der Waals surface area contributed by atoms with Crippen LogP contribution in [0.25, 0.3) is 0 Å². The van der Waals surface area contributed by atoms with Crippen LogP contribution in [0.3, 0.4) is 0 Å². The minimum Gasteiger partial charge on any atom is -0.434 e. The third-order valence-corrected chi connectivity index (χ3v) is 7.58. The molecule has 2 saturated heterocycles. The van der Waals surface area contributed by atoms with Gasteiger partial charge in [-0.1, -0.05) is 20.3 Å². The second-order valence-corrected chi connectivity index (χ2v) is 11.0. The lowest BCUT2D eigenvalue weighted by atomic mass is 9.50. The molecule has 6 aliphatic rings. The fourth-order valence-electron chi connectivity index (χ4n) is 6.12. The molecule has 11 heteroatoms. The summed E-state index contributed by atoms with van der Waals surface area (Å²) in [5.41, 5.74) is -2.96. The molecule has 0 aromatic rings. The lowest BCUT2D eigenvalue weighted by Gasteiger charge is -2.63. The van der Waals surface area contributed by atoms with Gasteiger partial charge in [-0.15, -0.1) is 0 Å². The zero-order chi connectivity index (χ0) is 24.7. The average Bonchev–Trinajstić information content (AvgIpc) is 3.67.